The van der Waals surface area contributed by atoms with Gasteiger partial charge in [-0.25, -0.2) is 4.79 Å². The number of carbonyl (C=O) groups is 2. The lowest BCUT2D eigenvalue weighted by Crippen LogP contribution is -2.42. The quantitative estimate of drug-likeness (QED) is 0.524. The summed E-state index contributed by atoms with van der Waals surface area (Å²) < 4.78 is 11.6. The van der Waals surface area contributed by atoms with E-state index >= 15 is 0 Å². The molecule has 6 heteroatoms. The van der Waals surface area contributed by atoms with Crippen molar-refractivity contribution in [2.45, 2.75) is 77.7 Å². The molecule has 1 atom stereocenters. The molecule has 0 bridgehead atoms. The van der Waals surface area contributed by atoms with Crippen LogP contribution in [0.1, 0.15) is 77.7 Å². The third-order valence-corrected chi connectivity index (χ3v) is 7.40. The molecule has 35 heavy (non-hydrogen) atoms. The molecule has 0 aromatic heterocycles. The predicted octanol–water partition coefficient (Wildman–Crippen LogP) is 5.91. The molecule has 4 rings (SSSR count). The average molecular weight is 483 g/mol. The molecule has 1 aliphatic carbocycles. The smallest absolute Gasteiger partial charge is 0.410 e. The maximum Gasteiger partial charge on any atom is 0.410 e. The maximum atomic E-state index is 12.8. The highest BCUT2D eigenvalue weighted by Crippen LogP contribution is 2.32. The number of carbonyl (C=O) groups excluding carboxylic acids is 2. The Morgan fingerprint density at radius 2 is 1.60 bits per heavy atom. The van der Waals surface area contributed by atoms with Gasteiger partial charge in [-0.3, -0.25) is 4.79 Å². The van der Waals surface area contributed by atoms with Crippen LogP contribution < -0.4 is 4.74 Å². The number of amides is 2. The number of nitrogens with zero attached hydrogens (tertiary/aromatic N) is 2. The number of rotatable bonds is 5. The second-order valence-corrected chi connectivity index (χ2v) is 11.3. The molecule has 2 amide bonds. The molecule has 192 valence electrons. The van der Waals surface area contributed by atoms with Gasteiger partial charge < -0.3 is 19.3 Å². The first-order chi connectivity index (χ1) is 16.8. The van der Waals surface area contributed by atoms with Crippen molar-refractivity contribution in [3.63, 3.8) is 0 Å². The lowest BCUT2D eigenvalue weighted by Gasteiger charge is -2.33. The predicted molar refractivity (Wildman–Crippen MR) is 138 cm³/mol. The topological polar surface area (TPSA) is 59.1 Å². The Bertz CT molecular complexity index is 888. The molecule has 2 saturated heterocycles. The molecule has 2 aliphatic heterocycles. The van der Waals surface area contributed by atoms with Gasteiger partial charge in [0.2, 0.25) is 5.91 Å². The van der Waals surface area contributed by atoms with E-state index in [1.165, 1.54) is 17.6 Å². The number of ether oxygens (including phenoxy) is 2. The van der Waals surface area contributed by atoms with Crippen LogP contribution in [0, 0.1) is 11.8 Å². The molecule has 3 aliphatic rings. The van der Waals surface area contributed by atoms with E-state index in [2.05, 4.69) is 35.2 Å². The van der Waals surface area contributed by atoms with Gasteiger partial charge in [-0.05, 0) is 101 Å². The van der Waals surface area contributed by atoms with E-state index in [0.717, 1.165) is 76.9 Å². The zero-order valence-electron chi connectivity index (χ0n) is 21.8. The third kappa shape index (κ3) is 7.25. The number of benzene rings is 1. The Kier molecular flexibility index (Phi) is 8.40. The summed E-state index contributed by atoms with van der Waals surface area (Å²) in [5.74, 6) is 1.85. The summed E-state index contributed by atoms with van der Waals surface area (Å²) in [6, 6.07) is 8.38. The SMILES string of the molecule is CC(C)(C)OC(=O)N1CCC(COc2ccc(C3=CCC(C(=O)N4CCCCC4)CC3)cc2)CC1. The molecule has 6 nitrogen and oxygen atoms in total. The van der Waals surface area contributed by atoms with E-state index in [-0.39, 0.29) is 12.0 Å². The lowest BCUT2D eigenvalue weighted by molar-refractivity contribution is -0.136. The fraction of sp³-hybridized carbons (Fsp3) is 0.655. The molecule has 0 N–H and O–H groups in total. The van der Waals surface area contributed by atoms with E-state index in [1.807, 2.05) is 20.8 Å². The minimum Gasteiger partial charge on any atom is -0.493 e. The molecule has 1 aromatic rings. The molecule has 0 spiro atoms. The first kappa shape index (κ1) is 25.6. The van der Waals surface area contributed by atoms with Gasteiger partial charge in [-0.2, -0.15) is 0 Å². The Hall–Kier alpha value is -2.50. The Morgan fingerprint density at radius 1 is 0.914 bits per heavy atom. The van der Waals surface area contributed by atoms with Gasteiger partial charge in [0.15, 0.2) is 0 Å². The summed E-state index contributed by atoms with van der Waals surface area (Å²) in [4.78, 5) is 28.9. The van der Waals surface area contributed by atoms with E-state index in [4.69, 9.17) is 9.47 Å². The van der Waals surface area contributed by atoms with Crippen molar-refractivity contribution >= 4 is 17.6 Å². The summed E-state index contributed by atoms with van der Waals surface area (Å²) in [5, 5.41) is 0. The summed E-state index contributed by atoms with van der Waals surface area (Å²) in [7, 11) is 0. The number of hydrogen-bond acceptors (Lipinski definition) is 4. The Morgan fingerprint density at radius 3 is 2.20 bits per heavy atom. The highest BCUT2D eigenvalue weighted by atomic mass is 16.6. The Balaban J connectivity index is 1.20. The van der Waals surface area contributed by atoms with Gasteiger partial charge in [-0.1, -0.05) is 18.2 Å². The molecule has 2 fully saturated rings. The highest BCUT2D eigenvalue weighted by molar-refractivity contribution is 5.81. The second-order valence-electron chi connectivity index (χ2n) is 11.3. The van der Waals surface area contributed by atoms with Crippen molar-refractivity contribution in [2.24, 2.45) is 11.8 Å². The lowest BCUT2D eigenvalue weighted by atomic mass is 9.85. The zero-order chi connectivity index (χ0) is 24.8. The minimum absolute atomic E-state index is 0.154. The molecule has 0 radical (unpaired) electrons. The molecular formula is C29H42N2O4. The van der Waals surface area contributed by atoms with E-state index in [1.54, 1.807) is 4.90 Å². The van der Waals surface area contributed by atoms with Crippen LogP contribution in [-0.2, 0) is 9.53 Å². The number of hydrogen-bond donors (Lipinski definition) is 0. The highest BCUT2D eigenvalue weighted by Gasteiger charge is 2.28. The first-order valence-electron chi connectivity index (χ1n) is 13.5. The zero-order valence-corrected chi connectivity index (χ0v) is 21.8. The molecule has 1 aromatic carbocycles. The summed E-state index contributed by atoms with van der Waals surface area (Å²) in [6.07, 6.45) is 10.2. The first-order valence-corrected chi connectivity index (χ1v) is 13.5. The standard InChI is InChI=1S/C29H42N2O4/c1-29(2,3)35-28(33)31-19-15-22(16-20-31)21-34-26-13-11-24(12-14-26)23-7-9-25(10-8-23)27(32)30-17-5-4-6-18-30/h7,11-14,22,25H,4-6,8-10,15-21H2,1-3H3. The van der Waals surface area contributed by atoms with E-state index < -0.39 is 5.60 Å². The van der Waals surface area contributed by atoms with Crippen LogP contribution in [0.4, 0.5) is 4.79 Å². The molecule has 2 heterocycles. The van der Waals surface area contributed by atoms with Gasteiger partial charge in [0.25, 0.3) is 0 Å². The van der Waals surface area contributed by atoms with Crippen molar-refractivity contribution in [2.75, 3.05) is 32.8 Å². The summed E-state index contributed by atoms with van der Waals surface area (Å²) in [6.45, 7) is 9.69. The second kappa shape index (κ2) is 11.5. The van der Waals surface area contributed by atoms with E-state index in [9.17, 15) is 9.59 Å². The van der Waals surface area contributed by atoms with Crippen LogP contribution in [0.25, 0.3) is 5.57 Å². The van der Waals surface area contributed by atoms with Gasteiger partial charge in [-0.15, -0.1) is 0 Å². The van der Waals surface area contributed by atoms with Gasteiger partial charge in [0.05, 0.1) is 6.61 Å². The summed E-state index contributed by atoms with van der Waals surface area (Å²) >= 11 is 0. The number of piperidine rings is 2. The molecule has 1 unspecified atom stereocenters. The largest absolute Gasteiger partial charge is 0.493 e. The number of likely N-dealkylation sites (tertiary alicyclic amines) is 2. The summed E-state index contributed by atoms with van der Waals surface area (Å²) in [5.41, 5.74) is 2.11. The normalized spacial score (nSPS) is 21.9. The van der Waals surface area contributed by atoms with Crippen molar-refractivity contribution in [3.8, 4) is 5.75 Å². The van der Waals surface area contributed by atoms with Gasteiger partial charge in [0.1, 0.15) is 11.4 Å². The van der Waals surface area contributed by atoms with E-state index in [0.29, 0.717) is 18.4 Å². The Labute approximate surface area is 210 Å². The molecular weight excluding hydrogens is 440 g/mol. The fourth-order valence-electron chi connectivity index (χ4n) is 5.28. The van der Waals surface area contributed by atoms with Crippen molar-refractivity contribution in [3.05, 3.63) is 35.9 Å². The van der Waals surface area contributed by atoms with Crippen LogP contribution in [0.2, 0.25) is 0 Å². The van der Waals surface area contributed by atoms with Crippen LogP contribution in [0.15, 0.2) is 30.3 Å². The van der Waals surface area contributed by atoms with Crippen molar-refractivity contribution < 1.29 is 19.1 Å². The third-order valence-electron chi connectivity index (χ3n) is 7.40. The van der Waals surface area contributed by atoms with Crippen molar-refractivity contribution in [1.29, 1.82) is 0 Å². The van der Waals surface area contributed by atoms with Crippen molar-refractivity contribution in [1.82, 2.24) is 9.80 Å². The van der Waals surface area contributed by atoms with Crippen LogP contribution in [0.3, 0.4) is 0 Å². The van der Waals surface area contributed by atoms with Crippen LogP contribution in [0.5, 0.6) is 5.75 Å². The van der Waals surface area contributed by atoms with Crippen LogP contribution in [-0.4, -0.2) is 60.2 Å². The molecule has 0 saturated carbocycles. The van der Waals surface area contributed by atoms with Gasteiger partial charge in [0, 0.05) is 32.1 Å². The van der Waals surface area contributed by atoms with Gasteiger partial charge >= 0.3 is 6.09 Å². The maximum absolute atomic E-state index is 12.8. The van der Waals surface area contributed by atoms with Crippen LogP contribution >= 0.6 is 0 Å². The minimum atomic E-state index is -0.455. The average Bonchev–Trinajstić information content (AvgIpc) is 2.87. The number of allylic oxidation sites excluding steroid dienone is 2. The fourth-order valence-corrected chi connectivity index (χ4v) is 5.28. The monoisotopic (exact) mass is 482 g/mol.